The van der Waals surface area contributed by atoms with Crippen LogP contribution < -0.4 is 0 Å². The number of nitro groups is 2. The lowest BCUT2D eigenvalue weighted by Gasteiger charge is -1.99. The van der Waals surface area contributed by atoms with Crippen molar-refractivity contribution in [3.05, 3.63) is 74.3 Å². The average Bonchev–Trinajstić information content (AvgIpc) is 2.52. The molecule has 0 N–H and O–H groups in total. The molecule has 1 atom stereocenters. The van der Waals surface area contributed by atoms with Gasteiger partial charge in [0, 0.05) is 12.3 Å². The Morgan fingerprint density at radius 1 is 1.00 bits per heavy atom. The van der Waals surface area contributed by atoms with E-state index < -0.39 is 32.2 Å². The Labute approximate surface area is 127 Å². The highest BCUT2D eigenvalue weighted by Crippen LogP contribution is 2.27. The predicted molar refractivity (Wildman–Crippen MR) is 80.2 cm³/mol. The molecule has 2 rings (SSSR count). The first-order valence-corrected chi connectivity index (χ1v) is 7.03. The molecule has 0 bridgehead atoms. The van der Waals surface area contributed by atoms with Crippen LogP contribution in [0.2, 0.25) is 0 Å². The zero-order valence-corrected chi connectivity index (χ0v) is 11.8. The number of hydrogen-bond donors (Lipinski definition) is 0. The summed E-state index contributed by atoms with van der Waals surface area (Å²) >= 11 is 0. The Kier molecular flexibility index (Phi) is 4.69. The third-order valence-corrected chi connectivity index (χ3v) is 3.65. The van der Waals surface area contributed by atoms with E-state index in [1.54, 1.807) is 30.3 Å². The fourth-order valence-electron chi connectivity index (χ4n) is 1.61. The van der Waals surface area contributed by atoms with Crippen LogP contribution in [-0.2, 0) is 11.0 Å². The Bertz CT molecular complexity index is 776. The number of nitro benzene ring substituents is 2. The van der Waals surface area contributed by atoms with Crippen molar-refractivity contribution < 1.29 is 14.1 Å². The summed E-state index contributed by atoms with van der Waals surface area (Å²) in [5.41, 5.74) is -0.363. The van der Waals surface area contributed by atoms with Gasteiger partial charge in [-0.15, -0.1) is 0 Å². The van der Waals surface area contributed by atoms with Gasteiger partial charge in [0.05, 0.1) is 15.9 Å². The van der Waals surface area contributed by atoms with Gasteiger partial charge in [0.2, 0.25) is 0 Å². The molecule has 0 saturated heterocycles. The van der Waals surface area contributed by atoms with Crippen molar-refractivity contribution in [2.24, 2.45) is 4.40 Å². The van der Waals surface area contributed by atoms with Crippen molar-refractivity contribution in [3.63, 3.8) is 0 Å². The largest absolute Gasteiger partial charge is 0.294 e. The van der Waals surface area contributed by atoms with Gasteiger partial charge < -0.3 is 0 Å². The van der Waals surface area contributed by atoms with Crippen LogP contribution in [0.25, 0.3) is 0 Å². The maximum Gasteiger partial charge on any atom is 0.294 e. The zero-order valence-electron chi connectivity index (χ0n) is 11.0. The summed E-state index contributed by atoms with van der Waals surface area (Å²) in [6.07, 6.45) is 1.32. The lowest BCUT2D eigenvalue weighted by molar-refractivity contribution is -0.396. The summed E-state index contributed by atoms with van der Waals surface area (Å²) < 4.78 is 15.8. The lowest BCUT2D eigenvalue weighted by Crippen LogP contribution is -1.99. The van der Waals surface area contributed by atoms with Gasteiger partial charge >= 0.3 is 0 Å². The smallest absolute Gasteiger partial charge is 0.258 e. The van der Waals surface area contributed by atoms with Gasteiger partial charge in [0.25, 0.3) is 11.4 Å². The summed E-state index contributed by atoms with van der Waals surface area (Å²) in [7, 11) is -2.03. The van der Waals surface area contributed by atoms with E-state index in [1.807, 2.05) is 0 Å². The highest BCUT2D eigenvalue weighted by molar-refractivity contribution is 7.84. The van der Waals surface area contributed by atoms with Crippen molar-refractivity contribution in [1.82, 2.24) is 0 Å². The second-order valence-electron chi connectivity index (χ2n) is 4.06. The number of benzene rings is 2. The van der Waals surface area contributed by atoms with Crippen LogP contribution in [0.1, 0.15) is 5.56 Å². The fourth-order valence-corrected chi connectivity index (χ4v) is 2.44. The van der Waals surface area contributed by atoms with E-state index in [2.05, 4.69) is 4.40 Å². The molecule has 0 saturated carbocycles. The molecule has 0 heterocycles. The molecule has 0 aliphatic carbocycles. The minimum atomic E-state index is -2.03. The van der Waals surface area contributed by atoms with Crippen molar-refractivity contribution in [2.75, 3.05) is 0 Å². The van der Waals surface area contributed by atoms with Gasteiger partial charge in [-0.3, -0.25) is 20.2 Å². The van der Waals surface area contributed by atoms with E-state index in [0.717, 1.165) is 18.2 Å². The van der Waals surface area contributed by atoms with Gasteiger partial charge in [0.15, 0.2) is 11.0 Å². The molecular formula is C13H9N3O5S. The molecule has 0 fully saturated rings. The normalized spacial score (nSPS) is 12.2. The Morgan fingerprint density at radius 3 is 2.27 bits per heavy atom. The topological polar surface area (TPSA) is 116 Å². The molecule has 9 heteroatoms. The van der Waals surface area contributed by atoms with Gasteiger partial charge in [0.1, 0.15) is 4.90 Å². The predicted octanol–water partition coefficient (Wildman–Crippen LogP) is 2.64. The summed E-state index contributed by atoms with van der Waals surface area (Å²) in [4.78, 5) is 19.8. The Morgan fingerprint density at radius 2 is 1.68 bits per heavy atom. The van der Waals surface area contributed by atoms with Crippen molar-refractivity contribution in [2.45, 2.75) is 4.90 Å². The molecule has 2 aromatic carbocycles. The molecule has 2 aromatic rings. The van der Waals surface area contributed by atoms with E-state index in [-0.39, 0.29) is 4.90 Å². The molecule has 8 nitrogen and oxygen atoms in total. The molecule has 0 radical (unpaired) electrons. The van der Waals surface area contributed by atoms with Gasteiger partial charge in [-0.1, -0.05) is 30.3 Å². The Balaban J connectivity index is 2.35. The van der Waals surface area contributed by atoms with E-state index in [4.69, 9.17) is 0 Å². The van der Waals surface area contributed by atoms with E-state index in [1.165, 1.54) is 6.21 Å². The minimum Gasteiger partial charge on any atom is -0.258 e. The summed E-state index contributed by atoms with van der Waals surface area (Å²) in [6, 6.07) is 11.7. The van der Waals surface area contributed by atoms with E-state index in [9.17, 15) is 24.4 Å². The molecule has 22 heavy (non-hydrogen) atoms. The molecule has 0 aliphatic rings. The SMILES string of the molecule is O=[N+]([O-])c1ccc([S@@](=O)N=Cc2ccccc2)c([N+](=O)[O-])c1. The summed E-state index contributed by atoms with van der Waals surface area (Å²) in [6.45, 7) is 0. The quantitative estimate of drug-likeness (QED) is 0.477. The number of hydrogen-bond acceptors (Lipinski definition) is 5. The maximum atomic E-state index is 12.1. The van der Waals surface area contributed by atoms with Crippen LogP contribution in [-0.4, -0.2) is 20.3 Å². The van der Waals surface area contributed by atoms with Crippen LogP contribution in [0.4, 0.5) is 11.4 Å². The third kappa shape index (κ3) is 3.58. The molecule has 0 spiro atoms. The van der Waals surface area contributed by atoms with Crippen LogP contribution in [0.5, 0.6) is 0 Å². The van der Waals surface area contributed by atoms with Crippen molar-refractivity contribution in [1.29, 1.82) is 0 Å². The summed E-state index contributed by atoms with van der Waals surface area (Å²) in [5.74, 6) is 0. The first kappa shape index (κ1) is 15.4. The monoisotopic (exact) mass is 319 g/mol. The van der Waals surface area contributed by atoms with Crippen LogP contribution >= 0.6 is 0 Å². The lowest BCUT2D eigenvalue weighted by atomic mass is 10.2. The second-order valence-corrected chi connectivity index (χ2v) is 5.21. The molecule has 0 aromatic heterocycles. The number of non-ortho nitro benzene ring substituents is 1. The maximum absolute atomic E-state index is 12.1. The van der Waals surface area contributed by atoms with Crippen molar-refractivity contribution in [3.8, 4) is 0 Å². The number of rotatable bonds is 5. The molecule has 0 amide bonds. The molecule has 0 unspecified atom stereocenters. The van der Waals surface area contributed by atoms with Crippen LogP contribution in [0.15, 0.2) is 57.8 Å². The second kappa shape index (κ2) is 6.68. The minimum absolute atomic E-state index is 0.192. The van der Waals surface area contributed by atoms with E-state index in [0.29, 0.717) is 5.56 Å². The van der Waals surface area contributed by atoms with Gasteiger partial charge in [-0.25, -0.2) is 4.21 Å². The molecular weight excluding hydrogens is 310 g/mol. The first-order chi connectivity index (χ1) is 10.5. The molecule has 0 aliphatic heterocycles. The van der Waals surface area contributed by atoms with Crippen LogP contribution in [0.3, 0.4) is 0 Å². The van der Waals surface area contributed by atoms with Crippen LogP contribution in [0, 0.1) is 20.2 Å². The summed E-state index contributed by atoms with van der Waals surface area (Å²) in [5, 5.41) is 21.6. The van der Waals surface area contributed by atoms with Crippen molar-refractivity contribution >= 4 is 28.6 Å². The third-order valence-electron chi connectivity index (χ3n) is 2.64. The number of nitrogens with zero attached hydrogens (tertiary/aromatic N) is 3. The zero-order chi connectivity index (χ0) is 16.1. The van der Waals surface area contributed by atoms with E-state index >= 15 is 0 Å². The Hall–Kier alpha value is -2.94. The highest BCUT2D eigenvalue weighted by atomic mass is 32.2. The van der Waals surface area contributed by atoms with Gasteiger partial charge in [-0.05, 0) is 11.6 Å². The average molecular weight is 319 g/mol. The molecule has 112 valence electrons. The first-order valence-electron chi connectivity index (χ1n) is 5.93. The fraction of sp³-hybridized carbons (Fsp3) is 0. The van der Waals surface area contributed by atoms with Gasteiger partial charge in [-0.2, -0.15) is 4.40 Å². The standard InChI is InChI=1S/C13H9N3O5S/c17-15(18)11-6-7-13(12(8-11)16(19)20)22(21)14-9-10-4-2-1-3-5-10/h1-9H/t22-/m1/s1. The highest BCUT2D eigenvalue weighted by Gasteiger charge is 2.22.